The molecule has 124 valence electrons. The van der Waals surface area contributed by atoms with Crippen LogP contribution in [-0.4, -0.2) is 42.3 Å². The van der Waals surface area contributed by atoms with Gasteiger partial charge in [-0.2, -0.15) is 0 Å². The molecule has 0 bridgehead atoms. The molecule has 0 aliphatic rings. The summed E-state index contributed by atoms with van der Waals surface area (Å²) in [5.41, 5.74) is 1.32. The monoisotopic (exact) mass is 308 g/mol. The third kappa shape index (κ3) is 6.45. The van der Waals surface area contributed by atoms with Crippen molar-refractivity contribution >= 4 is 6.09 Å². The molecule has 0 saturated heterocycles. The number of aliphatic hydroxyl groups excluding tert-OH is 1. The Morgan fingerprint density at radius 3 is 2.18 bits per heavy atom. The molecule has 0 aromatic heterocycles. The molecule has 2 N–H and O–H groups in total. The third-order valence-corrected chi connectivity index (χ3v) is 3.09. The number of ether oxygens (including phenoxy) is 1. The summed E-state index contributed by atoms with van der Waals surface area (Å²) in [4.78, 5) is 13.7. The molecule has 0 radical (unpaired) electrons. The Kier molecular flexibility index (Phi) is 6.38. The zero-order valence-electron chi connectivity index (χ0n) is 14.4. The van der Waals surface area contributed by atoms with E-state index in [0.717, 1.165) is 11.1 Å². The highest BCUT2D eigenvalue weighted by Gasteiger charge is 2.18. The number of rotatable bonds is 5. The first-order chi connectivity index (χ1) is 10.1. The zero-order valence-corrected chi connectivity index (χ0v) is 14.4. The maximum atomic E-state index is 11.8. The molecule has 1 amide bonds. The van der Waals surface area contributed by atoms with Crippen LogP contribution in [0.25, 0.3) is 0 Å². The Hall–Kier alpha value is -1.59. The molecule has 0 saturated carbocycles. The topological polar surface area (TPSA) is 61.8 Å². The fourth-order valence-corrected chi connectivity index (χ4v) is 2.03. The normalized spacial score (nSPS) is 14.5. The number of carbonyl (C=O) groups excluding carboxylic acids is 1. The Bertz CT molecular complexity index is 478. The van der Waals surface area contributed by atoms with Crippen LogP contribution in [0.4, 0.5) is 4.79 Å². The van der Waals surface area contributed by atoms with Crippen molar-refractivity contribution in [2.24, 2.45) is 0 Å². The van der Waals surface area contributed by atoms with E-state index in [-0.39, 0.29) is 6.04 Å². The van der Waals surface area contributed by atoms with Crippen LogP contribution in [-0.2, 0) is 4.74 Å². The lowest BCUT2D eigenvalue weighted by Gasteiger charge is -2.22. The van der Waals surface area contributed by atoms with Crippen LogP contribution in [0.5, 0.6) is 0 Å². The molecule has 0 fully saturated rings. The number of hydrogen-bond acceptors (Lipinski definition) is 4. The molecule has 1 aromatic carbocycles. The highest BCUT2D eigenvalue weighted by Crippen LogP contribution is 2.19. The Morgan fingerprint density at radius 1 is 1.23 bits per heavy atom. The lowest BCUT2D eigenvalue weighted by Crippen LogP contribution is -2.34. The minimum absolute atomic E-state index is 0.158. The number of nitrogens with zero attached hydrogens (tertiary/aromatic N) is 1. The van der Waals surface area contributed by atoms with Gasteiger partial charge in [0, 0.05) is 6.54 Å². The van der Waals surface area contributed by atoms with E-state index in [1.807, 2.05) is 71.0 Å². The molecule has 22 heavy (non-hydrogen) atoms. The molecule has 0 aliphatic carbocycles. The Balaban J connectivity index is 2.64. The highest BCUT2D eigenvalue weighted by molar-refractivity contribution is 5.68. The molecule has 1 rings (SSSR count). The van der Waals surface area contributed by atoms with Gasteiger partial charge >= 0.3 is 6.09 Å². The molecule has 0 spiro atoms. The first-order valence-electron chi connectivity index (χ1n) is 7.50. The van der Waals surface area contributed by atoms with Crippen molar-refractivity contribution in [3.63, 3.8) is 0 Å². The summed E-state index contributed by atoms with van der Waals surface area (Å²) in [5, 5.41) is 12.9. The number of likely N-dealkylation sites (N-methyl/N-ethyl adjacent to an activating group) is 1. The van der Waals surface area contributed by atoms with Crippen LogP contribution in [0.15, 0.2) is 24.3 Å². The fourth-order valence-electron chi connectivity index (χ4n) is 2.03. The standard InChI is InChI=1S/C17H28N2O3/c1-12(18-16(21)22-17(2,3)4)13-7-9-14(10-8-13)15(20)11-19(5)6/h7-10,12,15,20H,11H2,1-6H3,(H,18,21)/t12-,15?/m0/s1. The predicted octanol–water partition coefficient (Wildman–Crippen LogP) is 2.87. The lowest BCUT2D eigenvalue weighted by molar-refractivity contribution is 0.0508. The van der Waals surface area contributed by atoms with Crippen molar-refractivity contribution in [1.82, 2.24) is 10.2 Å². The van der Waals surface area contributed by atoms with Crippen molar-refractivity contribution < 1.29 is 14.6 Å². The quantitative estimate of drug-likeness (QED) is 0.878. The van der Waals surface area contributed by atoms with Gasteiger partial charge in [-0.1, -0.05) is 24.3 Å². The Morgan fingerprint density at radius 2 is 1.73 bits per heavy atom. The second-order valence-electron chi connectivity index (χ2n) is 6.81. The Labute approximate surface area is 133 Å². The van der Waals surface area contributed by atoms with Crippen molar-refractivity contribution in [3.8, 4) is 0 Å². The molecule has 5 nitrogen and oxygen atoms in total. The van der Waals surface area contributed by atoms with Crippen LogP contribution in [0.3, 0.4) is 0 Å². The zero-order chi connectivity index (χ0) is 16.9. The van der Waals surface area contributed by atoms with E-state index in [1.54, 1.807) is 0 Å². The van der Waals surface area contributed by atoms with Gasteiger partial charge in [0.05, 0.1) is 12.1 Å². The number of amides is 1. The van der Waals surface area contributed by atoms with Gasteiger partial charge in [-0.3, -0.25) is 0 Å². The minimum Gasteiger partial charge on any atom is -0.444 e. The SMILES string of the molecule is C[C@H](NC(=O)OC(C)(C)C)c1ccc(C(O)CN(C)C)cc1. The van der Waals surface area contributed by atoms with Gasteiger partial charge in [0.25, 0.3) is 0 Å². The van der Waals surface area contributed by atoms with E-state index in [0.29, 0.717) is 6.54 Å². The van der Waals surface area contributed by atoms with Gasteiger partial charge in [-0.05, 0) is 52.9 Å². The van der Waals surface area contributed by atoms with E-state index < -0.39 is 17.8 Å². The van der Waals surface area contributed by atoms with Gasteiger partial charge in [0.1, 0.15) is 5.60 Å². The van der Waals surface area contributed by atoms with Crippen LogP contribution in [0.2, 0.25) is 0 Å². The third-order valence-electron chi connectivity index (χ3n) is 3.09. The van der Waals surface area contributed by atoms with E-state index in [1.165, 1.54) is 0 Å². The number of nitrogens with one attached hydrogen (secondary N) is 1. The average Bonchev–Trinajstić information content (AvgIpc) is 2.35. The largest absolute Gasteiger partial charge is 0.444 e. The number of alkyl carbamates (subject to hydrolysis) is 1. The summed E-state index contributed by atoms with van der Waals surface area (Å²) < 4.78 is 5.24. The van der Waals surface area contributed by atoms with Crippen LogP contribution in [0, 0.1) is 0 Å². The molecule has 0 aliphatic heterocycles. The van der Waals surface area contributed by atoms with Gasteiger partial charge in [0.2, 0.25) is 0 Å². The molecule has 0 heterocycles. The summed E-state index contributed by atoms with van der Waals surface area (Å²) in [7, 11) is 3.84. The lowest BCUT2D eigenvalue weighted by atomic mass is 10.0. The number of carbonyl (C=O) groups is 1. The van der Waals surface area contributed by atoms with Crippen LogP contribution in [0.1, 0.15) is 51.0 Å². The summed E-state index contributed by atoms with van der Waals surface area (Å²) >= 11 is 0. The van der Waals surface area contributed by atoms with Crippen LogP contribution >= 0.6 is 0 Å². The van der Waals surface area contributed by atoms with E-state index >= 15 is 0 Å². The van der Waals surface area contributed by atoms with E-state index in [9.17, 15) is 9.90 Å². The predicted molar refractivity (Wildman–Crippen MR) is 87.7 cm³/mol. The molecular formula is C17H28N2O3. The molecule has 1 aromatic rings. The van der Waals surface area contributed by atoms with Gasteiger partial charge < -0.3 is 20.1 Å². The molecule has 2 atom stereocenters. The van der Waals surface area contributed by atoms with Crippen molar-refractivity contribution in [2.45, 2.75) is 45.4 Å². The second-order valence-corrected chi connectivity index (χ2v) is 6.81. The molecule has 1 unspecified atom stereocenters. The maximum Gasteiger partial charge on any atom is 0.408 e. The summed E-state index contributed by atoms with van der Waals surface area (Å²) in [6.45, 7) is 7.97. The minimum atomic E-state index is -0.516. The van der Waals surface area contributed by atoms with Gasteiger partial charge in [-0.25, -0.2) is 4.79 Å². The van der Waals surface area contributed by atoms with E-state index in [4.69, 9.17) is 4.74 Å². The fraction of sp³-hybridized carbons (Fsp3) is 0.588. The number of benzene rings is 1. The molecule has 5 heteroatoms. The molecular weight excluding hydrogens is 280 g/mol. The average molecular weight is 308 g/mol. The van der Waals surface area contributed by atoms with Crippen molar-refractivity contribution in [1.29, 1.82) is 0 Å². The van der Waals surface area contributed by atoms with E-state index in [2.05, 4.69) is 5.32 Å². The van der Waals surface area contributed by atoms with Gasteiger partial charge in [-0.15, -0.1) is 0 Å². The van der Waals surface area contributed by atoms with Crippen molar-refractivity contribution in [2.75, 3.05) is 20.6 Å². The van der Waals surface area contributed by atoms with Crippen molar-refractivity contribution in [3.05, 3.63) is 35.4 Å². The second kappa shape index (κ2) is 7.61. The maximum absolute atomic E-state index is 11.8. The highest BCUT2D eigenvalue weighted by atomic mass is 16.6. The van der Waals surface area contributed by atoms with Gasteiger partial charge in [0.15, 0.2) is 0 Å². The first-order valence-corrected chi connectivity index (χ1v) is 7.50. The number of hydrogen-bond donors (Lipinski definition) is 2. The first kappa shape index (κ1) is 18.5. The summed E-state index contributed by atoms with van der Waals surface area (Å²) in [6.07, 6.45) is -0.949. The summed E-state index contributed by atoms with van der Waals surface area (Å²) in [6, 6.07) is 7.44. The number of aliphatic hydroxyl groups is 1. The summed E-state index contributed by atoms with van der Waals surface area (Å²) in [5.74, 6) is 0. The smallest absolute Gasteiger partial charge is 0.408 e. The van der Waals surface area contributed by atoms with Crippen LogP contribution < -0.4 is 5.32 Å².